The van der Waals surface area contributed by atoms with Gasteiger partial charge in [-0.05, 0) is 30.5 Å². The van der Waals surface area contributed by atoms with E-state index in [1.165, 1.54) is 24.4 Å². The number of halogens is 1. The Morgan fingerprint density at radius 2 is 2.44 bits per heavy atom. The zero-order chi connectivity index (χ0) is 13.0. The van der Waals surface area contributed by atoms with Crippen LogP contribution in [0.4, 0.5) is 4.39 Å². The highest BCUT2D eigenvalue weighted by Gasteiger charge is 2.26. The molecule has 0 spiro atoms. The van der Waals surface area contributed by atoms with Gasteiger partial charge in [0, 0.05) is 18.8 Å². The molecule has 0 saturated carbocycles. The third-order valence-electron chi connectivity index (χ3n) is 3.02. The number of aliphatic hydroxyl groups excluding tert-OH is 1. The molecule has 1 N–H and O–H groups in total. The summed E-state index contributed by atoms with van der Waals surface area (Å²) in [5, 5.41) is 9.13. The van der Waals surface area contributed by atoms with Gasteiger partial charge in [0.05, 0.1) is 18.8 Å². The van der Waals surface area contributed by atoms with E-state index in [0.717, 1.165) is 19.0 Å². The van der Waals surface area contributed by atoms with Crippen LogP contribution < -0.4 is 0 Å². The lowest BCUT2D eigenvalue weighted by Crippen LogP contribution is -2.36. The standard InChI is InChI=1S/C13H15FN2O2/c14-11-6-10(7-15-8-11)3-4-13(18)16-5-1-2-12(16)9-17/h3-4,6-8,12,17H,1-2,5,9H2/b4-3+/t12-/m1/s1. The van der Waals surface area contributed by atoms with Gasteiger partial charge in [-0.1, -0.05) is 0 Å². The van der Waals surface area contributed by atoms with Gasteiger partial charge in [0.25, 0.3) is 0 Å². The predicted octanol–water partition coefficient (Wildman–Crippen LogP) is 1.22. The fraction of sp³-hybridized carbons (Fsp3) is 0.385. The van der Waals surface area contributed by atoms with Gasteiger partial charge in [0.2, 0.25) is 5.91 Å². The molecule has 5 heteroatoms. The number of likely N-dealkylation sites (tertiary alicyclic amines) is 1. The van der Waals surface area contributed by atoms with Crippen molar-refractivity contribution in [3.05, 3.63) is 35.9 Å². The SMILES string of the molecule is O=C(/C=C/c1cncc(F)c1)N1CCC[C@@H]1CO. The fourth-order valence-corrected chi connectivity index (χ4v) is 2.10. The molecule has 1 aliphatic heterocycles. The molecule has 96 valence electrons. The van der Waals surface area contributed by atoms with E-state index >= 15 is 0 Å². The van der Waals surface area contributed by atoms with Crippen LogP contribution in [0.3, 0.4) is 0 Å². The van der Waals surface area contributed by atoms with E-state index in [-0.39, 0.29) is 18.6 Å². The molecule has 1 amide bonds. The number of hydrogen-bond donors (Lipinski definition) is 1. The fourth-order valence-electron chi connectivity index (χ4n) is 2.10. The van der Waals surface area contributed by atoms with Gasteiger partial charge in [-0.25, -0.2) is 4.39 Å². The maximum atomic E-state index is 12.9. The van der Waals surface area contributed by atoms with Gasteiger partial charge in [0.15, 0.2) is 0 Å². The van der Waals surface area contributed by atoms with Gasteiger partial charge in [0.1, 0.15) is 5.82 Å². The molecule has 18 heavy (non-hydrogen) atoms. The van der Waals surface area contributed by atoms with Crippen molar-refractivity contribution in [1.29, 1.82) is 0 Å². The number of pyridine rings is 1. The van der Waals surface area contributed by atoms with Crippen molar-refractivity contribution >= 4 is 12.0 Å². The summed E-state index contributed by atoms with van der Waals surface area (Å²) in [5.74, 6) is -0.588. The molecule has 1 aromatic rings. The summed E-state index contributed by atoms with van der Waals surface area (Å²) in [6.07, 6.45) is 7.27. The number of nitrogens with zero attached hydrogens (tertiary/aromatic N) is 2. The van der Waals surface area contributed by atoms with Crippen LogP contribution in [-0.2, 0) is 4.79 Å². The lowest BCUT2D eigenvalue weighted by atomic mass is 10.2. The first-order valence-electron chi connectivity index (χ1n) is 5.91. The molecule has 1 aromatic heterocycles. The smallest absolute Gasteiger partial charge is 0.246 e. The van der Waals surface area contributed by atoms with E-state index < -0.39 is 5.82 Å². The third-order valence-corrected chi connectivity index (χ3v) is 3.02. The van der Waals surface area contributed by atoms with E-state index in [4.69, 9.17) is 5.11 Å². The summed E-state index contributed by atoms with van der Waals surface area (Å²) < 4.78 is 12.9. The molecule has 2 heterocycles. The summed E-state index contributed by atoms with van der Waals surface area (Å²) in [7, 11) is 0. The van der Waals surface area contributed by atoms with Crippen LogP contribution in [0, 0.1) is 5.82 Å². The molecule has 1 aliphatic rings. The Kier molecular flexibility index (Phi) is 4.04. The quantitative estimate of drug-likeness (QED) is 0.821. The number of amides is 1. The highest BCUT2D eigenvalue weighted by molar-refractivity contribution is 5.92. The Bertz CT molecular complexity index is 462. The van der Waals surface area contributed by atoms with Gasteiger partial charge in [-0.2, -0.15) is 0 Å². The first-order chi connectivity index (χ1) is 8.70. The van der Waals surface area contributed by atoms with Gasteiger partial charge in [-0.15, -0.1) is 0 Å². The van der Waals surface area contributed by atoms with Crippen molar-refractivity contribution in [2.75, 3.05) is 13.2 Å². The van der Waals surface area contributed by atoms with E-state index in [1.807, 2.05) is 0 Å². The van der Waals surface area contributed by atoms with Crippen molar-refractivity contribution in [3.63, 3.8) is 0 Å². The van der Waals surface area contributed by atoms with E-state index in [2.05, 4.69) is 4.98 Å². The number of aliphatic hydroxyl groups is 1. The lowest BCUT2D eigenvalue weighted by Gasteiger charge is -2.21. The largest absolute Gasteiger partial charge is 0.394 e. The van der Waals surface area contributed by atoms with Crippen molar-refractivity contribution in [2.45, 2.75) is 18.9 Å². The molecule has 0 aliphatic carbocycles. The molecular formula is C13H15FN2O2. The van der Waals surface area contributed by atoms with Gasteiger partial charge >= 0.3 is 0 Å². The molecule has 0 bridgehead atoms. The number of hydrogen-bond acceptors (Lipinski definition) is 3. The Balaban J connectivity index is 2.02. The van der Waals surface area contributed by atoms with Crippen LogP contribution in [0.1, 0.15) is 18.4 Å². The molecule has 1 atom stereocenters. The van der Waals surface area contributed by atoms with E-state index in [0.29, 0.717) is 12.1 Å². The van der Waals surface area contributed by atoms with Crippen LogP contribution in [0.25, 0.3) is 6.08 Å². The second-order valence-electron chi connectivity index (χ2n) is 4.28. The molecule has 1 fully saturated rings. The topological polar surface area (TPSA) is 53.4 Å². The molecule has 4 nitrogen and oxygen atoms in total. The second-order valence-corrected chi connectivity index (χ2v) is 4.28. The minimum Gasteiger partial charge on any atom is -0.394 e. The molecule has 0 unspecified atom stereocenters. The highest BCUT2D eigenvalue weighted by atomic mass is 19.1. The molecule has 1 saturated heterocycles. The first kappa shape index (κ1) is 12.7. The molecular weight excluding hydrogens is 235 g/mol. The molecule has 0 radical (unpaired) electrons. The van der Waals surface area contributed by atoms with Gasteiger partial charge < -0.3 is 10.0 Å². The van der Waals surface area contributed by atoms with Crippen molar-refractivity contribution < 1.29 is 14.3 Å². The van der Waals surface area contributed by atoms with Crippen LogP contribution in [0.15, 0.2) is 24.5 Å². The zero-order valence-corrected chi connectivity index (χ0v) is 9.92. The number of rotatable bonds is 3. The minimum absolute atomic E-state index is 0.0128. The van der Waals surface area contributed by atoms with Crippen LogP contribution in [-0.4, -0.2) is 40.1 Å². The monoisotopic (exact) mass is 250 g/mol. The Hall–Kier alpha value is -1.75. The highest BCUT2D eigenvalue weighted by Crippen LogP contribution is 2.17. The summed E-state index contributed by atoms with van der Waals surface area (Å²) in [4.78, 5) is 17.2. The maximum absolute atomic E-state index is 12.9. The average Bonchev–Trinajstić information content (AvgIpc) is 2.84. The lowest BCUT2D eigenvalue weighted by molar-refractivity contribution is -0.127. The van der Waals surface area contributed by atoms with E-state index in [1.54, 1.807) is 4.90 Å². The maximum Gasteiger partial charge on any atom is 0.246 e. The van der Waals surface area contributed by atoms with E-state index in [9.17, 15) is 9.18 Å². The summed E-state index contributed by atoms with van der Waals surface area (Å²) in [6.45, 7) is 0.650. The Morgan fingerprint density at radius 3 is 3.17 bits per heavy atom. The van der Waals surface area contributed by atoms with Crippen LogP contribution in [0.2, 0.25) is 0 Å². The Labute approximate surface area is 105 Å². The first-order valence-corrected chi connectivity index (χ1v) is 5.91. The van der Waals surface area contributed by atoms with Crippen LogP contribution >= 0.6 is 0 Å². The van der Waals surface area contributed by atoms with Crippen molar-refractivity contribution in [2.24, 2.45) is 0 Å². The van der Waals surface area contributed by atoms with Crippen molar-refractivity contribution in [1.82, 2.24) is 9.88 Å². The normalized spacial score (nSPS) is 19.7. The molecule has 0 aromatic carbocycles. The predicted molar refractivity (Wildman–Crippen MR) is 65.0 cm³/mol. The summed E-state index contributed by atoms with van der Waals surface area (Å²) >= 11 is 0. The second kappa shape index (κ2) is 5.73. The van der Waals surface area contributed by atoms with Crippen LogP contribution in [0.5, 0.6) is 0 Å². The Morgan fingerprint density at radius 1 is 1.61 bits per heavy atom. The van der Waals surface area contributed by atoms with Crippen molar-refractivity contribution in [3.8, 4) is 0 Å². The summed E-state index contributed by atoms with van der Waals surface area (Å²) in [5.41, 5.74) is 0.545. The van der Waals surface area contributed by atoms with Gasteiger partial charge in [-0.3, -0.25) is 9.78 Å². The molecule has 2 rings (SSSR count). The zero-order valence-electron chi connectivity index (χ0n) is 9.92. The number of aromatic nitrogens is 1. The number of carbonyl (C=O) groups is 1. The summed E-state index contributed by atoms with van der Waals surface area (Å²) in [6, 6.07) is 1.22. The average molecular weight is 250 g/mol. The minimum atomic E-state index is -0.431. The third kappa shape index (κ3) is 2.92. The number of carbonyl (C=O) groups excluding carboxylic acids is 1.